The van der Waals surface area contributed by atoms with Crippen LogP contribution in [-0.4, -0.2) is 29.9 Å². The van der Waals surface area contributed by atoms with Gasteiger partial charge < -0.3 is 5.32 Å². The van der Waals surface area contributed by atoms with Gasteiger partial charge >= 0.3 is 6.18 Å². The predicted octanol–water partition coefficient (Wildman–Crippen LogP) is 4.03. The Hall–Kier alpha value is -2.34. The van der Waals surface area contributed by atoms with Crippen LogP contribution in [0.4, 0.5) is 13.2 Å². The standard InChI is InChI=1S/C21H23F3N2O/c22-21(23,24)18-8-6-16(7-9-18)14-20(27)25-19-10-12-26(13-11-19)15-17-4-2-1-3-5-17/h1-9,19H,10-15H2,(H,25,27). The molecule has 0 spiro atoms. The highest BCUT2D eigenvalue weighted by molar-refractivity contribution is 5.78. The van der Waals surface area contributed by atoms with Crippen LogP contribution in [0.15, 0.2) is 54.6 Å². The van der Waals surface area contributed by atoms with Gasteiger partial charge in [-0.15, -0.1) is 0 Å². The lowest BCUT2D eigenvalue weighted by atomic mass is 10.0. The third-order valence-corrected chi connectivity index (χ3v) is 4.85. The van der Waals surface area contributed by atoms with Gasteiger partial charge in [0.1, 0.15) is 0 Å². The van der Waals surface area contributed by atoms with Crippen molar-refractivity contribution in [3.05, 3.63) is 71.3 Å². The first-order valence-corrected chi connectivity index (χ1v) is 9.12. The fraction of sp³-hybridized carbons (Fsp3) is 0.381. The molecular weight excluding hydrogens is 353 g/mol. The molecule has 0 bridgehead atoms. The Kier molecular flexibility index (Phi) is 6.16. The van der Waals surface area contributed by atoms with E-state index in [1.54, 1.807) is 0 Å². The Morgan fingerprint density at radius 2 is 1.59 bits per heavy atom. The van der Waals surface area contributed by atoms with Crippen molar-refractivity contribution in [2.24, 2.45) is 0 Å². The third-order valence-electron chi connectivity index (χ3n) is 4.85. The number of hydrogen-bond donors (Lipinski definition) is 1. The van der Waals surface area contributed by atoms with Gasteiger partial charge in [-0.3, -0.25) is 9.69 Å². The van der Waals surface area contributed by atoms with E-state index in [-0.39, 0.29) is 18.4 Å². The van der Waals surface area contributed by atoms with E-state index in [0.29, 0.717) is 5.56 Å². The molecule has 3 nitrogen and oxygen atoms in total. The number of rotatable bonds is 5. The number of carbonyl (C=O) groups excluding carboxylic acids is 1. The normalized spacial score (nSPS) is 16.3. The van der Waals surface area contributed by atoms with Gasteiger partial charge in [-0.25, -0.2) is 0 Å². The molecule has 0 aliphatic carbocycles. The SMILES string of the molecule is O=C(Cc1ccc(C(F)(F)F)cc1)NC1CCN(Cc2ccccc2)CC1. The molecule has 2 aromatic carbocycles. The van der Waals surface area contributed by atoms with E-state index in [1.165, 1.54) is 17.7 Å². The second-order valence-electron chi connectivity index (χ2n) is 6.97. The van der Waals surface area contributed by atoms with Crippen molar-refractivity contribution < 1.29 is 18.0 Å². The summed E-state index contributed by atoms with van der Waals surface area (Å²) in [5.41, 5.74) is 1.17. The summed E-state index contributed by atoms with van der Waals surface area (Å²) in [7, 11) is 0. The van der Waals surface area contributed by atoms with Gasteiger partial charge in [0.25, 0.3) is 0 Å². The molecule has 0 unspecified atom stereocenters. The van der Waals surface area contributed by atoms with Crippen LogP contribution in [0.5, 0.6) is 0 Å². The monoisotopic (exact) mass is 376 g/mol. The first-order chi connectivity index (χ1) is 12.9. The van der Waals surface area contributed by atoms with Gasteiger partial charge in [0.15, 0.2) is 0 Å². The molecule has 0 saturated carbocycles. The fourth-order valence-corrected chi connectivity index (χ4v) is 3.35. The number of piperidine rings is 1. The minimum atomic E-state index is -4.35. The van der Waals surface area contributed by atoms with E-state index in [2.05, 4.69) is 22.3 Å². The van der Waals surface area contributed by atoms with Crippen molar-refractivity contribution in [3.8, 4) is 0 Å². The van der Waals surface area contributed by atoms with Crippen molar-refractivity contribution in [1.29, 1.82) is 0 Å². The summed E-state index contributed by atoms with van der Waals surface area (Å²) in [6, 6.07) is 15.2. The summed E-state index contributed by atoms with van der Waals surface area (Å²) >= 11 is 0. The molecule has 1 saturated heterocycles. The van der Waals surface area contributed by atoms with E-state index >= 15 is 0 Å². The Labute approximate surface area is 157 Å². The van der Waals surface area contributed by atoms with Crippen LogP contribution >= 0.6 is 0 Å². The van der Waals surface area contributed by atoms with Crippen LogP contribution in [0.1, 0.15) is 29.5 Å². The number of nitrogens with one attached hydrogen (secondary N) is 1. The Balaban J connectivity index is 1.43. The van der Waals surface area contributed by atoms with E-state index in [9.17, 15) is 18.0 Å². The average molecular weight is 376 g/mol. The Morgan fingerprint density at radius 1 is 0.963 bits per heavy atom. The molecule has 1 heterocycles. The molecule has 1 aliphatic heterocycles. The van der Waals surface area contributed by atoms with Gasteiger partial charge in [0, 0.05) is 25.7 Å². The summed E-state index contributed by atoms with van der Waals surface area (Å²) in [5.74, 6) is -0.142. The number of halogens is 3. The molecule has 1 fully saturated rings. The molecule has 1 N–H and O–H groups in total. The number of nitrogens with zero attached hydrogens (tertiary/aromatic N) is 1. The minimum absolute atomic E-state index is 0.0996. The maximum atomic E-state index is 12.6. The molecule has 3 rings (SSSR count). The molecule has 0 aromatic heterocycles. The lowest BCUT2D eigenvalue weighted by Gasteiger charge is -2.32. The largest absolute Gasteiger partial charge is 0.416 e. The first-order valence-electron chi connectivity index (χ1n) is 9.12. The maximum Gasteiger partial charge on any atom is 0.416 e. The number of likely N-dealkylation sites (tertiary alicyclic amines) is 1. The topological polar surface area (TPSA) is 32.3 Å². The number of carbonyl (C=O) groups is 1. The molecular formula is C21H23F3N2O. The van der Waals surface area contributed by atoms with Gasteiger partial charge in [-0.05, 0) is 36.1 Å². The van der Waals surface area contributed by atoms with Gasteiger partial charge in [-0.1, -0.05) is 42.5 Å². The second kappa shape index (κ2) is 8.57. The van der Waals surface area contributed by atoms with Crippen LogP contribution in [0.2, 0.25) is 0 Å². The summed E-state index contributed by atoms with van der Waals surface area (Å²) < 4.78 is 37.7. The third kappa shape index (κ3) is 5.82. The minimum Gasteiger partial charge on any atom is -0.353 e. The Bertz CT molecular complexity index is 736. The lowest BCUT2D eigenvalue weighted by Crippen LogP contribution is -2.44. The second-order valence-corrected chi connectivity index (χ2v) is 6.97. The number of hydrogen-bond acceptors (Lipinski definition) is 2. The van der Waals surface area contributed by atoms with Crippen molar-refractivity contribution >= 4 is 5.91 Å². The zero-order chi connectivity index (χ0) is 19.3. The molecule has 1 amide bonds. The van der Waals surface area contributed by atoms with Gasteiger partial charge in [0.05, 0.1) is 12.0 Å². The average Bonchev–Trinajstić information content (AvgIpc) is 2.64. The van der Waals surface area contributed by atoms with Crippen LogP contribution in [0.3, 0.4) is 0 Å². The van der Waals surface area contributed by atoms with Crippen molar-refractivity contribution in [2.45, 2.75) is 38.0 Å². The first kappa shape index (κ1) is 19.4. The molecule has 0 radical (unpaired) electrons. The van der Waals surface area contributed by atoms with E-state index in [4.69, 9.17) is 0 Å². The predicted molar refractivity (Wildman–Crippen MR) is 98.0 cm³/mol. The summed E-state index contributed by atoms with van der Waals surface area (Å²) in [6.07, 6.45) is -2.49. The van der Waals surface area contributed by atoms with Crippen LogP contribution < -0.4 is 5.32 Å². The van der Waals surface area contributed by atoms with E-state index in [0.717, 1.165) is 44.6 Å². The van der Waals surface area contributed by atoms with Crippen molar-refractivity contribution in [1.82, 2.24) is 10.2 Å². The van der Waals surface area contributed by atoms with Crippen molar-refractivity contribution in [3.63, 3.8) is 0 Å². The maximum absolute atomic E-state index is 12.6. The molecule has 2 aromatic rings. The van der Waals surface area contributed by atoms with Crippen molar-refractivity contribution in [2.75, 3.05) is 13.1 Å². The molecule has 27 heavy (non-hydrogen) atoms. The highest BCUT2D eigenvalue weighted by Gasteiger charge is 2.30. The zero-order valence-corrected chi connectivity index (χ0v) is 15.0. The lowest BCUT2D eigenvalue weighted by molar-refractivity contribution is -0.137. The molecule has 144 valence electrons. The quantitative estimate of drug-likeness (QED) is 0.855. The van der Waals surface area contributed by atoms with Crippen LogP contribution in [0, 0.1) is 0 Å². The fourth-order valence-electron chi connectivity index (χ4n) is 3.35. The number of amides is 1. The highest BCUT2D eigenvalue weighted by Crippen LogP contribution is 2.29. The van der Waals surface area contributed by atoms with Gasteiger partial charge in [0.2, 0.25) is 5.91 Å². The summed E-state index contributed by atoms with van der Waals surface area (Å²) in [5, 5.41) is 3.01. The summed E-state index contributed by atoms with van der Waals surface area (Å²) in [6.45, 7) is 2.74. The molecule has 1 aliphatic rings. The van der Waals surface area contributed by atoms with Crippen LogP contribution in [-0.2, 0) is 23.9 Å². The molecule has 6 heteroatoms. The van der Waals surface area contributed by atoms with Crippen LogP contribution in [0.25, 0.3) is 0 Å². The number of benzene rings is 2. The summed E-state index contributed by atoms with van der Waals surface area (Å²) in [4.78, 5) is 14.6. The number of alkyl halides is 3. The van der Waals surface area contributed by atoms with E-state index < -0.39 is 11.7 Å². The zero-order valence-electron chi connectivity index (χ0n) is 15.0. The highest BCUT2D eigenvalue weighted by atomic mass is 19.4. The van der Waals surface area contributed by atoms with E-state index in [1.807, 2.05) is 18.2 Å². The molecule has 0 atom stereocenters. The Morgan fingerprint density at radius 3 is 2.19 bits per heavy atom. The smallest absolute Gasteiger partial charge is 0.353 e. The van der Waals surface area contributed by atoms with Gasteiger partial charge in [-0.2, -0.15) is 13.2 Å².